The van der Waals surface area contributed by atoms with Crippen LogP contribution in [0.1, 0.15) is 6.92 Å². The second kappa shape index (κ2) is 8.15. The average Bonchev–Trinajstić information content (AvgIpc) is 2.58. The number of pyridine rings is 1. The fourth-order valence-electron chi connectivity index (χ4n) is 2.21. The Balaban J connectivity index is 2.29. The first kappa shape index (κ1) is 19.7. The van der Waals surface area contributed by atoms with Gasteiger partial charge in [0.2, 0.25) is 15.9 Å². The van der Waals surface area contributed by atoms with Gasteiger partial charge in [0.25, 0.3) is 5.56 Å². The molecular weight excluding hydrogens is 358 g/mol. The summed E-state index contributed by atoms with van der Waals surface area (Å²) in [5.41, 5.74) is -0.00641. The monoisotopic (exact) mass is 379 g/mol. The van der Waals surface area contributed by atoms with Crippen LogP contribution >= 0.6 is 0 Å². The molecule has 1 heterocycles. The topological polar surface area (TPSA) is 97.7 Å². The van der Waals surface area contributed by atoms with Crippen molar-refractivity contribution in [2.24, 2.45) is 0 Å². The Hall–Kier alpha value is -2.65. The van der Waals surface area contributed by atoms with Crippen LogP contribution < -0.4 is 15.6 Å². The predicted octanol–water partition coefficient (Wildman–Crippen LogP) is 1.14. The van der Waals surface area contributed by atoms with E-state index in [-0.39, 0.29) is 22.7 Å². The number of nitrogens with one attached hydrogen (secondary N) is 1. The second-order valence-corrected chi connectivity index (χ2v) is 7.72. The molecule has 0 aliphatic heterocycles. The molecule has 0 bridgehead atoms. The van der Waals surface area contributed by atoms with Crippen LogP contribution in [0.5, 0.6) is 5.75 Å². The molecule has 8 nitrogen and oxygen atoms in total. The van der Waals surface area contributed by atoms with E-state index >= 15 is 0 Å². The lowest BCUT2D eigenvalue weighted by atomic mass is 10.3. The van der Waals surface area contributed by atoms with Crippen molar-refractivity contribution in [3.63, 3.8) is 0 Å². The van der Waals surface area contributed by atoms with Gasteiger partial charge in [-0.1, -0.05) is 6.07 Å². The zero-order valence-electron chi connectivity index (χ0n) is 14.8. The Bertz CT molecular complexity index is 951. The lowest BCUT2D eigenvalue weighted by Crippen LogP contribution is -2.27. The fourth-order valence-corrected chi connectivity index (χ4v) is 3.26. The highest BCUT2D eigenvalue weighted by Gasteiger charge is 2.23. The molecule has 0 saturated carbocycles. The molecule has 0 aliphatic carbocycles. The maximum atomic E-state index is 12.5. The number of sulfonamides is 1. The molecule has 2 aromatic rings. The van der Waals surface area contributed by atoms with Gasteiger partial charge < -0.3 is 14.6 Å². The van der Waals surface area contributed by atoms with E-state index in [9.17, 15) is 18.0 Å². The normalized spacial score (nSPS) is 11.4. The van der Waals surface area contributed by atoms with Gasteiger partial charge in [0, 0.05) is 32.0 Å². The first-order valence-corrected chi connectivity index (χ1v) is 9.34. The Morgan fingerprint density at radius 2 is 1.96 bits per heavy atom. The van der Waals surface area contributed by atoms with Gasteiger partial charge in [-0.25, -0.2) is 12.7 Å². The highest BCUT2D eigenvalue weighted by atomic mass is 32.2. The van der Waals surface area contributed by atoms with E-state index in [1.165, 1.54) is 43.1 Å². The summed E-state index contributed by atoms with van der Waals surface area (Å²) in [6.07, 6.45) is 1.50. The van der Waals surface area contributed by atoms with E-state index in [1.807, 2.05) is 0 Å². The van der Waals surface area contributed by atoms with Gasteiger partial charge in [-0.2, -0.15) is 0 Å². The quantitative estimate of drug-likeness (QED) is 0.778. The third kappa shape index (κ3) is 4.50. The van der Waals surface area contributed by atoms with Crippen molar-refractivity contribution in [3.05, 3.63) is 52.9 Å². The molecule has 1 aromatic heterocycles. The molecule has 0 unspecified atom stereocenters. The van der Waals surface area contributed by atoms with Crippen molar-refractivity contribution in [1.29, 1.82) is 0 Å². The summed E-state index contributed by atoms with van der Waals surface area (Å²) in [7, 11) is -0.922. The van der Waals surface area contributed by atoms with Gasteiger partial charge in [0.05, 0.1) is 6.61 Å². The summed E-state index contributed by atoms with van der Waals surface area (Å²) in [5.74, 6) is -0.242. The Morgan fingerprint density at radius 3 is 2.58 bits per heavy atom. The number of anilines is 1. The van der Waals surface area contributed by atoms with Gasteiger partial charge in [-0.05, 0) is 31.2 Å². The predicted molar refractivity (Wildman–Crippen MR) is 97.8 cm³/mol. The minimum absolute atomic E-state index is 0.0426. The van der Waals surface area contributed by atoms with Crippen LogP contribution in [0.4, 0.5) is 5.69 Å². The fraction of sp³-hybridized carbons (Fsp3) is 0.294. The number of carbonyl (C=O) groups excluding carboxylic acids is 1. The van der Waals surface area contributed by atoms with E-state index in [0.717, 1.165) is 4.31 Å². The summed E-state index contributed by atoms with van der Waals surface area (Å²) in [4.78, 5) is 23.8. The van der Waals surface area contributed by atoms with Gasteiger partial charge >= 0.3 is 0 Å². The smallest absolute Gasteiger partial charge is 0.250 e. The second-order valence-electron chi connectivity index (χ2n) is 5.60. The number of carbonyl (C=O) groups is 1. The SMILES string of the molecule is CCOc1ccc(NC(=O)Cn2ccccc2=O)cc1S(=O)(=O)N(C)C. The van der Waals surface area contributed by atoms with Gasteiger partial charge in [-0.15, -0.1) is 0 Å². The molecule has 9 heteroatoms. The van der Waals surface area contributed by atoms with E-state index in [1.54, 1.807) is 25.1 Å². The van der Waals surface area contributed by atoms with Crippen molar-refractivity contribution >= 4 is 21.6 Å². The third-order valence-corrected chi connectivity index (χ3v) is 5.34. The van der Waals surface area contributed by atoms with Gasteiger partial charge in [0.15, 0.2) is 0 Å². The minimum Gasteiger partial charge on any atom is -0.492 e. The maximum absolute atomic E-state index is 12.5. The van der Waals surface area contributed by atoms with Crippen molar-refractivity contribution in [2.45, 2.75) is 18.4 Å². The summed E-state index contributed by atoms with van der Waals surface area (Å²) < 4.78 is 32.7. The number of hydrogen-bond donors (Lipinski definition) is 1. The number of aromatic nitrogens is 1. The van der Waals surface area contributed by atoms with Gasteiger partial charge in [0.1, 0.15) is 17.2 Å². The lowest BCUT2D eigenvalue weighted by Gasteiger charge is -2.16. The Labute approximate surface area is 152 Å². The maximum Gasteiger partial charge on any atom is 0.250 e. The van der Waals surface area contributed by atoms with Crippen LogP contribution in [0.15, 0.2) is 52.3 Å². The van der Waals surface area contributed by atoms with E-state index < -0.39 is 15.9 Å². The van der Waals surface area contributed by atoms with Crippen molar-refractivity contribution in [3.8, 4) is 5.75 Å². The number of amides is 1. The molecule has 1 aromatic carbocycles. The highest BCUT2D eigenvalue weighted by molar-refractivity contribution is 7.89. The van der Waals surface area contributed by atoms with Crippen molar-refractivity contribution in [2.75, 3.05) is 26.0 Å². The molecule has 0 fully saturated rings. The number of rotatable bonds is 7. The molecule has 1 amide bonds. The summed E-state index contributed by atoms with van der Waals surface area (Å²) in [5, 5.41) is 2.60. The molecule has 0 aliphatic rings. The summed E-state index contributed by atoms with van der Waals surface area (Å²) >= 11 is 0. The number of ether oxygens (including phenoxy) is 1. The van der Waals surface area contributed by atoms with Crippen LogP contribution in [0.25, 0.3) is 0 Å². The van der Waals surface area contributed by atoms with Crippen molar-refractivity contribution in [1.82, 2.24) is 8.87 Å². The number of benzene rings is 1. The van der Waals surface area contributed by atoms with Crippen molar-refractivity contribution < 1.29 is 17.9 Å². The molecule has 26 heavy (non-hydrogen) atoms. The third-order valence-electron chi connectivity index (χ3n) is 3.50. The van der Waals surface area contributed by atoms with E-state index in [4.69, 9.17) is 4.74 Å². The standard InChI is InChI=1S/C17H21N3O5S/c1-4-25-14-9-8-13(11-15(14)26(23,24)19(2)3)18-16(21)12-20-10-6-5-7-17(20)22/h5-11H,4,12H2,1-3H3,(H,18,21). The lowest BCUT2D eigenvalue weighted by molar-refractivity contribution is -0.116. The molecule has 1 N–H and O–H groups in total. The first-order valence-electron chi connectivity index (χ1n) is 7.90. The van der Waals surface area contributed by atoms with Crippen LogP contribution in [-0.2, 0) is 21.4 Å². The molecule has 0 spiro atoms. The van der Waals surface area contributed by atoms with Crippen LogP contribution in [0.2, 0.25) is 0 Å². The Morgan fingerprint density at radius 1 is 1.23 bits per heavy atom. The molecule has 0 radical (unpaired) electrons. The van der Waals surface area contributed by atoms with E-state index in [0.29, 0.717) is 12.3 Å². The first-order chi connectivity index (χ1) is 12.3. The zero-order valence-corrected chi connectivity index (χ0v) is 15.6. The van der Waals surface area contributed by atoms with E-state index in [2.05, 4.69) is 5.32 Å². The zero-order chi connectivity index (χ0) is 19.3. The molecular formula is C17H21N3O5S. The molecule has 140 valence electrons. The van der Waals surface area contributed by atoms with Gasteiger partial charge in [-0.3, -0.25) is 9.59 Å². The molecule has 0 atom stereocenters. The molecule has 2 rings (SSSR count). The minimum atomic E-state index is -3.75. The molecule has 0 saturated heterocycles. The summed E-state index contributed by atoms with van der Waals surface area (Å²) in [6, 6.07) is 8.96. The summed E-state index contributed by atoms with van der Waals surface area (Å²) in [6.45, 7) is 1.88. The largest absolute Gasteiger partial charge is 0.492 e. The number of nitrogens with zero attached hydrogens (tertiary/aromatic N) is 2. The van der Waals surface area contributed by atoms with Crippen LogP contribution in [0, 0.1) is 0 Å². The van der Waals surface area contributed by atoms with Crippen LogP contribution in [0.3, 0.4) is 0 Å². The number of hydrogen-bond acceptors (Lipinski definition) is 5. The van der Waals surface area contributed by atoms with Crippen LogP contribution in [-0.4, -0.2) is 43.9 Å². The Kier molecular flexibility index (Phi) is 6.17. The average molecular weight is 379 g/mol. The highest BCUT2D eigenvalue weighted by Crippen LogP contribution is 2.29.